The fourth-order valence-electron chi connectivity index (χ4n) is 7.66. The highest BCUT2D eigenvalue weighted by atomic mass is 16.1. The van der Waals surface area contributed by atoms with Crippen molar-refractivity contribution in [1.29, 1.82) is 0 Å². The third kappa shape index (κ3) is 49.9. The summed E-state index contributed by atoms with van der Waals surface area (Å²) in [7, 11) is 2.04. The van der Waals surface area contributed by atoms with Crippen LogP contribution in [0.1, 0.15) is 284 Å². The van der Waals surface area contributed by atoms with Crippen LogP contribution in [0.15, 0.2) is 0 Å². The smallest absolute Gasteiger partial charge is 0.134 e. The first-order valence-corrected chi connectivity index (χ1v) is 26.2. The van der Waals surface area contributed by atoms with E-state index in [1.54, 1.807) is 0 Å². The average molecular weight is 828 g/mol. The Morgan fingerprint density at radius 3 is 0.767 bits per heavy atom. The van der Waals surface area contributed by atoms with Crippen molar-refractivity contribution < 1.29 is 9.59 Å². The van der Waals surface area contributed by atoms with Crippen molar-refractivity contribution in [2.75, 3.05) is 20.1 Å². The van der Waals surface area contributed by atoms with Crippen LogP contribution in [0.2, 0.25) is 0 Å². The summed E-state index contributed by atoms with van der Waals surface area (Å²) in [4.78, 5) is 26.9. The van der Waals surface area contributed by atoms with Crippen LogP contribution >= 0.6 is 0 Å². The Morgan fingerprint density at radius 1 is 0.300 bits per heavy atom. The van der Waals surface area contributed by atoms with Crippen LogP contribution in [-0.4, -0.2) is 36.6 Å². The van der Waals surface area contributed by atoms with Gasteiger partial charge in [-0.25, -0.2) is 0 Å². The highest BCUT2D eigenvalue weighted by molar-refractivity contribution is 5.79. The van der Waals surface area contributed by atoms with Crippen LogP contribution in [0, 0.1) is 47.4 Å². The normalized spacial score (nSPS) is 10.6. The SMILES string of the molecule is CCCCCCCCCCCCCC#CC#CCCCCCCCCC(=O)CCN(C)CCC(=O)CCCCCCCCC#CC#CCCCCCCCCCCCCC. The molecule has 0 aromatic heterocycles. The molecule has 0 aliphatic rings. The number of hydrogen-bond acceptors (Lipinski definition) is 3. The number of carbonyl (C=O) groups is 2. The zero-order chi connectivity index (χ0) is 43.5. The summed E-state index contributed by atoms with van der Waals surface area (Å²) >= 11 is 0. The summed E-state index contributed by atoms with van der Waals surface area (Å²) < 4.78 is 0. The fraction of sp³-hybridized carbons (Fsp3) is 0.825. The summed E-state index contributed by atoms with van der Waals surface area (Å²) in [5, 5.41) is 0. The maximum atomic E-state index is 12.4. The largest absolute Gasteiger partial charge is 0.305 e. The minimum atomic E-state index is 0.360. The van der Waals surface area contributed by atoms with Gasteiger partial charge < -0.3 is 4.90 Å². The Bertz CT molecular complexity index is 1110. The average Bonchev–Trinajstić information content (AvgIpc) is 3.25. The minimum Gasteiger partial charge on any atom is -0.305 e. The molecule has 0 saturated heterocycles. The van der Waals surface area contributed by atoms with Gasteiger partial charge in [0.25, 0.3) is 0 Å². The molecule has 0 N–H and O–H groups in total. The van der Waals surface area contributed by atoms with Gasteiger partial charge in [-0.05, 0) is 69.3 Å². The molecule has 0 heterocycles. The Balaban J connectivity index is 3.50. The summed E-state index contributed by atoms with van der Waals surface area (Å²) in [6.45, 7) is 6.08. The molecule has 3 heteroatoms. The van der Waals surface area contributed by atoms with Gasteiger partial charge in [0, 0.05) is 64.5 Å². The molecule has 0 spiro atoms. The van der Waals surface area contributed by atoms with E-state index >= 15 is 0 Å². The van der Waals surface area contributed by atoms with Crippen molar-refractivity contribution in [3.8, 4) is 47.4 Å². The van der Waals surface area contributed by atoms with Gasteiger partial charge in [0.05, 0.1) is 0 Å². The Morgan fingerprint density at radius 2 is 0.517 bits per heavy atom. The van der Waals surface area contributed by atoms with Crippen LogP contribution in [0.5, 0.6) is 0 Å². The van der Waals surface area contributed by atoms with E-state index in [4.69, 9.17) is 0 Å². The molecule has 0 rings (SSSR count). The van der Waals surface area contributed by atoms with Gasteiger partial charge in [0.1, 0.15) is 11.6 Å². The zero-order valence-electron chi connectivity index (χ0n) is 40.4. The molecule has 0 aromatic carbocycles. The number of carbonyl (C=O) groups excluding carboxylic acids is 2. The second kappa shape index (κ2) is 50.9. The molecule has 0 aliphatic heterocycles. The van der Waals surface area contributed by atoms with E-state index in [2.05, 4.69) is 66.1 Å². The lowest BCUT2D eigenvalue weighted by Crippen LogP contribution is -2.24. The number of unbranched alkanes of at least 4 members (excludes halogenated alkanes) is 34. The molecule has 0 aliphatic carbocycles. The number of rotatable bonds is 44. The van der Waals surface area contributed by atoms with Crippen molar-refractivity contribution in [3.63, 3.8) is 0 Å². The van der Waals surface area contributed by atoms with Crippen molar-refractivity contribution in [2.45, 2.75) is 284 Å². The summed E-state index contributed by atoms with van der Waals surface area (Å²) in [5.41, 5.74) is 0. The van der Waals surface area contributed by atoms with Gasteiger partial charge >= 0.3 is 0 Å². The summed E-state index contributed by atoms with van der Waals surface area (Å²) in [6.07, 6.45) is 50.5. The number of ketones is 2. The predicted octanol–water partition coefficient (Wildman–Crippen LogP) is 16.5. The molecule has 0 bridgehead atoms. The molecule has 0 fully saturated rings. The molecule has 0 unspecified atom stereocenters. The maximum Gasteiger partial charge on any atom is 0.134 e. The molecule has 0 radical (unpaired) electrons. The molecule has 0 amide bonds. The van der Waals surface area contributed by atoms with E-state index in [1.807, 2.05) is 7.05 Å². The highest BCUT2D eigenvalue weighted by Gasteiger charge is 2.08. The Labute approximate surface area is 375 Å². The van der Waals surface area contributed by atoms with E-state index < -0.39 is 0 Å². The maximum absolute atomic E-state index is 12.4. The molecule has 0 atom stereocenters. The Hall–Kier alpha value is -2.46. The Kier molecular flexibility index (Phi) is 48.8. The van der Waals surface area contributed by atoms with Gasteiger partial charge in [-0.15, -0.1) is 0 Å². The quantitative estimate of drug-likeness (QED) is 0.0454. The molecule has 3 nitrogen and oxygen atoms in total. The third-order valence-corrected chi connectivity index (χ3v) is 11.8. The van der Waals surface area contributed by atoms with Crippen molar-refractivity contribution in [2.24, 2.45) is 0 Å². The van der Waals surface area contributed by atoms with E-state index in [0.717, 1.165) is 77.3 Å². The van der Waals surface area contributed by atoms with Crippen molar-refractivity contribution in [1.82, 2.24) is 4.90 Å². The van der Waals surface area contributed by atoms with Gasteiger partial charge in [-0.1, -0.05) is 217 Å². The van der Waals surface area contributed by atoms with Crippen LogP contribution in [0.3, 0.4) is 0 Å². The number of Topliss-reactive ketones (excluding diaryl/α,β-unsaturated/α-hetero) is 2. The van der Waals surface area contributed by atoms with E-state index in [1.165, 1.54) is 180 Å². The standard InChI is InChI=1S/C57H97NO2/c1-4-6-8-10-12-14-16-18-20-22-24-26-28-30-32-34-36-38-40-42-44-46-48-50-56(59)52-54-58(3)55-53-57(60)51-49-47-45-43-41-39-37-35-33-31-29-27-25-23-21-19-17-15-13-11-9-7-5-2/h4-27,36-55H2,1-3H3. The van der Waals surface area contributed by atoms with Gasteiger partial charge in [-0.3, -0.25) is 9.59 Å². The number of hydrogen-bond donors (Lipinski definition) is 0. The third-order valence-electron chi connectivity index (χ3n) is 11.8. The predicted molar refractivity (Wildman–Crippen MR) is 264 cm³/mol. The van der Waals surface area contributed by atoms with Crippen molar-refractivity contribution in [3.05, 3.63) is 0 Å². The van der Waals surface area contributed by atoms with Crippen LogP contribution in [0.25, 0.3) is 0 Å². The zero-order valence-corrected chi connectivity index (χ0v) is 40.4. The summed E-state index contributed by atoms with van der Waals surface area (Å²) in [5.74, 6) is 25.8. The van der Waals surface area contributed by atoms with Crippen LogP contribution in [-0.2, 0) is 9.59 Å². The van der Waals surface area contributed by atoms with Gasteiger partial charge in [0.15, 0.2) is 0 Å². The summed E-state index contributed by atoms with van der Waals surface area (Å²) in [6, 6.07) is 0. The van der Waals surface area contributed by atoms with Crippen LogP contribution in [0.4, 0.5) is 0 Å². The first kappa shape index (κ1) is 57.5. The monoisotopic (exact) mass is 828 g/mol. The minimum absolute atomic E-state index is 0.360. The highest BCUT2D eigenvalue weighted by Crippen LogP contribution is 2.14. The second-order valence-electron chi connectivity index (χ2n) is 17.9. The lowest BCUT2D eigenvalue weighted by atomic mass is 10.0. The lowest BCUT2D eigenvalue weighted by Gasteiger charge is -2.15. The first-order valence-electron chi connectivity index (χ1n) is 26.2. The second-order valence-corrected chi connectivity index (χ2v) is 17.9. The van der Waals surface area contributed by atoms with E-state index in [0.29, 0.717) is 37.2 Å². The molecular weight excluding hydrogens is 731 g/mol. The topological polar surface area (TPSA) is 37.4 Å². The molecular formula is C57H97NO2. The van der Waals surface area contributed by atoms with Crippen molar-refractivity contribution >= 4 is 11.6 Å². The van der Waals surface area contributed by atoms with Gasteiger partial charge in [-0.2, -0.15) is 0 Å². The van der Waals surface area contributed by atoms with E-state index in [9.17, 15) is 9.59 Å². The van der Waals surface area contributed by atoms with Gasteiger partial charge in [0.2, 0.25) is 0 Å². The lowest BCUT2D eigenvalue weighted by molar-refractivity contribution is -0.119. The van der Waals surface area contributed by atoms with E-state index in [-0.39, 0.29) is 0 Å². The molecule has 0 saturated carbocycles. The molecule has 342 valence electrons. The molecule has 0 aromatic rings. The fourth-order valence-corrected chi connectivity index (χ4v) is 7.66. The van der Waals surface area contributed by atoms with Crippen LogP contribution < -0.4 is 0 Å². The number of nitrogens with zero attached hydrogens (tertiary/aromatic N) is 1. The first-order chi connectivity index (χ1) is 29.6. The molecule has 60 heavy (non-hydrogen) atoms.